The van der Waals surface area contributed by atoms with Gasteiger partial charge in [-0.05, 0) is 24.3 Å². The number of nitrogens with two attached hydrogens (primary N) is 2. The van der Waals surface area contributed by atoms with Crippen molar-refractivity contribution in [2.45, 2.75) is 0 Å². The number of pyridine rings is 2. The smallest absolute Gasteiger partial charge is 0.158 e. The van der Waals surface area contributed by atoms with Gasteiger partial charge in [-0.2, -0.15) is 0 Å². The maximum Gasteiger partial charge on any atom is 0.158 e. The Labute approximate surface area is 238 Å². The molecule has 0 bridgehead atoms. The number of aromatic nitrogens is 10. The molecule has 0 aromatic carbocycles. The van der Waals surface area contributed by atoms with Crippen molar-refractivity contribution in [2.75, 3.05) is 11.5 Å². The average molecular weight is 699 g/mol. The number of aryl methyl sites for hydroxylation is 4. The van der Waals surface area contributed by atoms with E-state index in [1.807, 2.05) is 95.5 Å². The van der Waals surface area contributed by atoms with Crippen LogP contribution in [0.15, 0.2) is 73.8 Å². The molecular formula is C26H28N12Os. The molecule has 39 heavy (non-hydrogen) atoms. The summed E-state index contributed by atoms with van der Waals surface area (Å²) >= 11 is 0. The van der Waals surface area contributed by atoms with Gasteiger partial charge in [0, 0.05) is 109 Å². The summed E-state index contributed by atoms with van der Waals surface area (Å²) in [6.45, 7) is 0. The zero-order valence-corrected chi connectivity index (χ0v) is 24.4. The van der Waals surface area contributed by atoms with E-state index in [1.54, 1.807) is 24.8 Å². The van der Waals surface area contributed by atoms with Crippen LogP contribution in [-0.4, -0.2) is 48.2 Å². The molecule has 0 atom stereocenters. The molecule has 0 amide bonds. The third kappa shape index (κ3) is 5.78. The summed E-state index contributed by atoms with van der Waals surface area (Å²) in [5.74, 6) is 3.12. The third-order valence-electron chi connectivity index (χ3n) is 5.90. The van der Waals surface area contributed by atoms with Crippen molar-refractivity contribution in [1.82, 2.24) is 48.2 Å². The average Bonchev–Trinajstić information content (AvgIpc) is 3.68. The molecule has 0 aliphatic heterocycles. The first kappa shape index (κ1) is 27.4. The van der Waals surface area contributed by atoms with Gasteiger partial charge in [0.05, 0.1) is 0 Å². The largest absolute Gasteiger partial charge is 0.399 e. The molecule has 0 unspecified atom stereocenters. The molecule has 0 aliphatic carbocycles. The fraction of sp³-hybridized carbons (Fsp3) is 0.154. The first-order chi connectivity index (χ1) is 18.3. The third-order valence-corrected chi connectivity index (χ3v) is 5.90. The maximum absolute atomic E-state index is 5.96. The van der Waals surface area contributed by atoms with Crippen molar-refractivity contribution in [1.29, 1.82) is 0 Å². The van der Waals surface area contributed by atoms with E-state index in [2.05, 4.69) is 29.9 Å². The van der Waals surface area contributed by atoms with E-state index in [4.69, 9.17) is 11.5 Å². The number of anilines is 2. The topological polar surface area (TPSA) is 149 Å². The van der Waals surface area contributed by atoms with E-state index < -0.39 is 0 Å². The molecule has 6 aromatic heterocycles. The van der Waals surface area contributed by atoms with Crippen molar-refractivity contribution >= 4 is 11.4 Å². The zero-order valence-electron chi connectivity index (χ0n) is 21.9. The summed E-state index contributed by atoms with van der Waals surface area (Å²) in [6, 6.07) is 7.26. The Morgan fingerprint density at radius 3 is 0.872 bits per heavy atom. The van der Waals surface area contributed by atoms with Gasteiger partial charge in [0.25, 0.3) is 0 Å². The standard InChI is InChI=1S/2C13H14N6.Os/c2*1-18-5-3-15-12(18)10-7-9(14)8-11(17-10)13-16-4-6-19(13)2;/h2*3-8H,1-2H3,(H2,14,17);. The number of nitrogens with zero attached hydrogens (tertiary/aromatic N) is 10. The summed E-state index contributed by atoms with van der Waals surface area (Å²) in [4.78, 5) is 26.3. The second kappa shape index (κ2) is 11.4. The molecule has 0 spiro atoms. The van der Waals surface area contributed by atoms with Crippen LogP contribution in [0.4, 0.5) is 11.4 Å². The summed E-state index contributed by atoms with van der Waals surface area (Å²) in [5.41, 5.74) is 16.2. The van der Waals surface area contributed by atoms with Crippen LogP contribution in [0.2, 0.25) is 0 Å². The molecule has 12 nitrogen and oxygen atoms in total. The second-order valence-electron chi connectivity index (χ2n) is 8.79. The van der Waals surface area contributed by atoms with E-state index in [0.29, 0.717) is 11.4 Å². The fourth-order valence-corrected chi connectivity index (χ4v) is 4.01. The molecule has 6 rings (SSSR count). The SMILES string of the molecule is Cn1ccnc1-c1cc(N)cc(-c2nccn2C)n1.Cn1ccnc1-c1cc(N)cc(-c2nccn2C)n1.[Os]. The van der Waals surface area contributed by atoms with Crippen molar-refractivity contribution in [2.24, 2.45) is 28.2 Å². The van der Waals surface area contributed by atoms with E-state index in [0.717, 1.165) is 46.1 Å². The first-order valence-electron chi connectivity index (χ1n) is 11.8. The van der Waals surface area contributed by atoms with Crippen LogP contribution in [0.1, 0.15) is 0 Å². The van der Waals surface area contributed by atoms with Crippen LogP contribution in [0.5, 0.6) is 0 Å². The summed E-state index contributed by atoms with van der Waals surface area (Å²) in [7, 11) is 7.70. The van der Waals surface area contributed by atoms with Crippen LogP contribution in [0, 0.1) is 0 Å². The van der Waals surface area contributed by atoms with E-state index in [-0.39, 0.29) is 19.8 Å². The maximum atomic E-state index is 5.96. The molecule has 0 saturated carbocycles. The Balaban J connectivity index is 0.000000176. The van der Waals surface area contributed by atoms with Gasteiger partial charge >= 0.3 is 0 Å². The van der Waals surface area contributed by atoms with Crippen LogP contribution < -0.4 is 11.5 Å². The number of hydrogen-bond acceptors (Lipinski definition) is 8. The van der Waals surface area contributed by atoms with E-state index in [1.165, 1.54) is 0 Å². The molecule has 200 valence electrons. The van der Waals surface area contributed by atoms with Gasteiger partial charge in [-0.3, -0.25) is 0 Å². The van der Waals surface area contributed by atoms with E-state index >= 15 is 0 Å². The van der Waals surface area contributed by atoms with Gasteiger partial charge in [0.1, 0.15) is 22.8 Å². The molecule has 6 heterocycles. The van der Waals surface area contributed by atoms with Gasteiger partial charge in [-0.1, -0.05) is 0 Å². The fourth-order valence-electron chi connectivity index (χ4n) is 4.01. The minimum atomic E-state index is 0. The second-order valence-corrected chi connectivity index (χ2v) is 8.79. The van der Waals surface area contributed by atoms with Gasteiger partial charge in [-0.15, -0.1) is 0 Å². The van der Waals surface area contributed by atoms with Gasteiger partial charge in [0.2, 0.25) is 0 Å². The number of hydrogen-bond donors (Lipinski definition) is 2. The Kier molecular flexibility index (Phi) is 8.02. The van der Waals surface area contributed by atoms with Crippen molar-refractivity contribution in [3.63, 3.8) is 0 Å². The van der Waals surface area contributed by atoms with Crippen molar-refractivity contribution in [3.05, 3.63) is 73.8 Å². The molecule has 0 saturated heterocycles. The van der Waals surface area contributed by atoms with E-state index in [9.17, 15) is 0 Å². The number of rotatable bonds is 4. The normalized spacial score (nSPS) is 10.6. The number of nitrogen functional groups attached to an aromatic ring is 2. The molecule has 6 aromatic rings. The molecule has 0 aliphatic rings. The Morgan fingerprint density at radius 1 is 0.462 bits per heavy atom. The van der Waals surface area contributed by atoms with Gasteiger partial charge < -0.3 is 29.7 Å². The van der Waals surface area contributed by atoms with Crippen LogP contribution >= 0.6 is 0 Å². The van der Waals surface area contributed by atoms with Crippen LogP contribution in [0.3, 0.4) is 0 Å². The minimum Gasteiger partial charge on any atom is -0.399 e. The minimum absolute atomic E-state index is 0. The molecule has 4 N–H and O–H groups in total. The van der Waals surface area contributed by atoms with Gasteiger partial charge in [0.15, 0.2) is 23.3 Å². The molecule has 0 fully saturated rings. The van der Waals surface area contributed by atoms with Crippen molar-refractivity contribution < 1.29 is 19.8 Å². The molecule has 0 radical (unpaired) electrons. The Bertz CT molecular complexity index is 1460. The molecule has 13 heteroatoms. The zero-order chi connectivity index (χ0) is 26.8. The monoisotopic (exact) mass is 700 g/mol. The summed E-state index contributed by atoms with van der Waals surface area (Å²) < 4.78 is 7.63. The van der Waals surface area contributed by atoms with Crippen LogP contribution in [-0.2, 0) is 48.0 Å². The van der Waals surface area contributed by atoms with Crippen molar-refractivity contribution in [3.8, 4) is 46.1 Å². The van der Waals surface area contributed by atoms with Crippen LogP contribution in [0.25, 0.3) is 46.1 Å². The Hall–Kier alpha value is -4.62. The quantitative estimate of drug-likeness (QED) is 0.286. The molecular weight excluding hydrogens is 671 g/mol. The first-order valence-corrected chi connectivity index (χ1v) is 11.8. The van der Waals surface area contributed by atoms with Gasteiger partial charge in [-0.25, -0.2) is 29.9 Å². The number of imidazole rings is 4. The predicted octanol–water partition coefficient (Wildman–Crippen LogP) is 2.93. The predicted molar refractivity (Wildman–Crippen MR) is 146 cm³/mol. The summed E-state index contributed by atoms with van der Waals surface area (Å²) in [6.07, 6.45) is 14.4. The Morgan fingerprint density at radius 2 is 0.692 bits per heavy atom. The summed E-state index contributed by atoms with van der Waals surface area (Å²) in [5, 5.41) is 0.